The average Bonchev–Trinajstić information content (AvgIpc) is 3.72. The number of nitrogens with one attached hydrogen (secondary N) is 4. The third-order valence-electron chi connectivity index (χ3n) is 7.11. The Balaban J connectivity index is 1.24. The van der Waals surface area contributed by atoms with Crippen molar-refractivity contribution in [1.82, 2.24) is 34.9 Å². The minimum Gasteiger partial charge on any atom is -0.493 e. The number of imidazole rings is 1. The molecular weight excluding hydrogens is 450 g/mol. The van der Waals surface area contributed by atoms with Gasteiger partial charge in [0.15, 0.2) is 5.65 Å². The van der Waals surface area contributed by atoms with Crippen LogP contribution in [0.3, 0.4) is 0 Å². The summed E-state index contributed by atoms with van der Waals surface area (Å²) >= 11 is 0. The number of carbonyl (C=O) groups excluding carboxylic acids is 1. The normalized spacial score (nSPS) is 27.3. The molecule has 3 aliphatic carbocycles. The number of fused-ring (bicyclic) bond motifs is 1. The molecule has 2 unspecified atom stereocenters. The maximum absolute atomic E-state index is 12.3. The molecule has 12 heteroatoms. The van der Waals surface area contributed by atoms with E-state index >= 15 is 0 Å². The zero-order valence-electron chi connectivity index (χ0n) is 19.5. The van der Waals surface area contributed by atoms with E-state index in [2.05, 4.69) is 37.6 Å². The van der Waals surface area contributed by atoms with Crippen molar-refractivity contribution in [3.05, 3.63) is 33.2 Å². The Kier molecular flexibility index (Phi) is 5.30. The maximum Gasteiger partial charge on any atom is 0.326 e. The Morgan fingerprint density at radius 2 is 1.91 bits per heavy atom. The molecule has 3 aliphatic rings. The Labute approximate surface area is 200 Å². The van der Waals surface area contributed by atoms with Crippen LogP contribution in [0.4, 0.5) is 5.95 Å². The Bertz CT molecular complexity index is 1440. The molecule has 0 saturated heterocycles. The van der Waals surface area contributed by atoms with E-state index in [4.69, 9.17) is 9.98 Å². The molecule has 35 heavy (non-hydrogen) atoms. The van der Waals surface area contributed by atoms with Crippen LogP contribution < -0.4 is 27.2 Å². The van der Waals surface area contributed by atoms with Gasteiger partial charge in [0.05, 0.1) is 12.2 Å². The fraction of sp³-hybridized carbons (Fsp3) is 0.565. The molecule has 3 aromatic rings. The number of rotatable bonds is 6. The van der Waals surface area contributed by atoms with E-state index < -0.39 is 5.69 Å². The first kappa shape index (κ1) is 21.8. The molecular formula is C23H29N9O3. The van der Waals surface area contributed by atoms with Gasteiger partial charge in [0, 0.05) is 23.2 Å². The summed E-state index contributed by atoms with van der Waals surface area (Å²) in [6.07, 6.45) is 9.93. The number of aromatic hydroxyl groups is 1. The van der Waals surface area contributed by atoms with Crippen molar-refractivity contribution >= 4 is 23.6 Å². The first-order valence-corrected chi connectivity index (χ1v) is 12.3. The summed E-state index contributed by atoms with van der Waals surface area (Å²) in [5, 5.41) is 21.6. The topological polar surface area (TPSA) is 165 Å². The molecule has 0 bridgehead atoms. The maximum atomic E-state index is 12.3. The van der Waals surface area contributed by atoms with E-state index in [0.717, 1.165) is 44.9 Å². The summed E-state index contributed by atoms with van der Waals surface area (Å²) < 4.78 is 1.59. The highest BCUT2D eigenvalue weighted by molar-refractivity contribution is 5.81. The number of hydrogen-bond donors (Lipinski definition) is 5. The van der Waals surface area contributed by atoms with Crippen LogP contribution in [-0.4, -0.2) is 58.7 Å². The van der Waals surface area contributed by atoms with Crippen molar-refractivity contribution in [3.8, 4) is 5.88 Å². The fourth-order valence-corrected chi connectivity index (χ4v) is 4.71. The highest BCUT2D eigenvalue weighted by atomic mass is 16.3. The van der Waals surface area contributed by atoms with Crippen LogP contribution in [0.15, 0.2) is 16.0 Å². The van der Waals surface area contributed by atoms with Crippen LogP contribution in [0, 0.1) is 11.8 Å². The van der Waals surface area contributed by atoms with E-state index in [9.17, 15) is 14.7 Å². The Hall–Kier alpha value is -3.70. The first-order valence-electron chi connectivity index (χ1n) is 12.3. The lowest BCUT2D eigenvalue weighted by molar-refractivity contribution is -0.123. The van der Waals surface area contributed by atoms with Gasteiger partial charge in [0.2, 0.25) is 17.7 Å². The molecule has 0 aliphatic heterocycles. The molecule has 3 fully saturated rings. The third kappa shape index (κ3) is 4.64. The number of amides is 1. The molecule has 5 N–H and O–H groups in total. The summed E-state index contributed by atoms with van der Waals surface area (Å²) in [6.45, 7) is 2.12. The number of anilines is 1. The van der Waals surface area contributed by atoms with Gasteiger partial charge in [-0.05, 0) is 56.9 Å². The molecule has 0 aromatic carbocycles. The predicted octanol–water partition coefficient (Wildman–Crippen LogP) is -0.0476. The van der Waals surface area contributed by atoms with Gasteiger partial charge in [0.25, 0.3) is 5.62 Å². The van der Waals surface area contributed by atoms with Crippen molar-refractivity contribution in [2.24, 2.45) is 16.8 Å². The number of nitrogens with zero attached hydrogens (tertiary/aromatic N) is 5. The largest absolute Gasteiger partial charge is 0.493 e. The van der Waals surface area contributed by atoms with Crippen molar-refractivity contribution in [3.63, 3.8) is 0 Å². The van der Waals surface area contributed by atoms with Gasteiger partial charge in [-0.2, -0.15) is 19.6 Å². The van der Waals surface area contributed by atoms with E-state index in [-0.39, 0.29) is 41.5 Å². The van der Waals surface area contributed by atoms with E-state index in [1.165, 1.54) is 0 Å². The van der Waals surface area contributed by atoms with E-state index in [1.54, 1.807) is 16.8 Å². The van der Waals surface area contributed by atoms with Crippen molar-refractivity contribution in [1.29, 1.82) is 0 Å². The van der Waals surface area contributed by atoms with E-state index in [0.29, 0.717) is 28.4 Å². The lowest BCUT2D eigenvalue weighted by atomic mass is 9.91. The molecule has 184 valence electrons. The Morgan fingerprint density at radius 3 is 2.57 bits per heavy atom. The minimum absolute atomic E-state index is 0.194. The second-order valence-corrected chi connectivity index (χ2v) is 10.0. The highest BCUT2D eigenvalue weighted by Crippen LogP contribution is 2.38. The molecule has 1 amide bonds. The minimum atomic E-state index is -0.495. The zero-order valence-corrected chi connectivity index (χ0v) is 19.5. The van der Waals surface area contributed by atoms with Crippen LogP contribution in [0.5, 0.6) is 5.88 Å². The van der Waals surface area contributed by atoms with Gasteiger partial charge in [-0.1, -0.05) is 6.92 Å². The quantitative estimate of drug-likeness (QED) is 0.331. The summed E-state index contributed by atoms with van der Waals surface area (Å²) in [4.78, 5) is 42.7. The SMILES string of the molecule is CC1CC1C(=O)NC1CCC(Nc2nc(=NC3CC3)n3ncc(=Cc4[nH]c(=O)[nH]c4O)c3n2)CC1. The fourth-order valence-electron chi connectivity index (χ4n) is 4.71. The number of H-pyrrole nitrogens is 2. The van der Waals surface area contributed by atoms with Gasteiger partial charge in [0.1, 0.15) is 5.69 Å². The Morgan fingerprint density at radius 1 is 1.17 bits per heavy atom. The van der Waals surface area contributed by atoms with Crippen molar-refractivity contribution in [2.75, 3.05) is 5.32 Å². The summed E-state index contributed by atoms with van der Waals surface area (Å²) in [5.74, 6) is 1.14. The summed E-state index contributed by atoms with van der Waals surface area (Å²) in [7, 11) is 0. The van der Waals surface area contributed by atoms with Gasteiger partial charge in [-0.3, -0.25) is 9.78 Å². The number of aromatic nitrogens is 6. The number of aromatic amines is 2. The molecule has 0 spiro atoms. The zero-order chi connectivity index (χ0) is 24.1. The average molecular weight is 480 g/mol. The molecule has 12 nitrogen and oxygen atoms in total. The standard InChI is InChI=1S/C23H29N9O3/c1-11-8-16(11)19(33)25-13-2-4-14(5-3-13)26-21-29-18-12(9-17-20(34)30-23(35)28-17)10-24-32(18)22(31-21)27-15-6-7-15/h9-11,13-16,34H,2-8H2,1H3,(H,25,33)(H,26,27,31)(H2,28,30,35). The molecule has 6 rings (SSSR count). The monoisotopic (exact) mass is 479 g/mol. The lowest BCUT2D eigenvalue weighted by Gasteiger charge is -2.29. The summed E-state index contributed by atoms with van der Waals surface area (Å²) in [6, 6.07) is 0.667. The third-order valence-corrected chi connectivity index (χ3v) is 7.11. The molecule has 3 heterocycles. The smallest absolute Gasteiger partial charge is 0.326 e. The molecule has 3 saturated carbocycles. The summed E-state index contributed by atoms with van der Waals surface area (Å²) in [5.41, 5.74) is 0.763. The predicted molar refractivity (Wildman–Crippen MR) is 126 cm³/mol. The second-order valence-electron chi connectivity index (χ2n) is 10.0. The van der Waals surface area contributed by atoms with Crippen molar-refractivity contribution in [2.45, 2.75) is 70.0 Å². The van der Waals surface area contributed by atoms with E-state index in [1.807, 2.05) is 0 Å². The molecule has 2 atom stereocenters. The van der Waals surface area contributed by atoms with Gasteiger partial charge >= 0.3 is 5.69 Å². The van der Waals surface area contributed by atoms with Crippen molar-refractivity contribution < 1.29 is 9.90 Å². The van der Waals surface area contributed by atoms with Crippen LogP contribution in [-0.2, 0) is 4.79 Å². The highest BCUT2D eigenvalue weighted by Gasteiger charge is 2.40. The second kappa shape index (κ2) is 8.51. The number of carbonyl (C=O) groups is 1. The van der Waals surface area contributed by atoms with Gasteiger partial charge < -0.3 is 20.7 Å². The first-order chi connectivity index (χ1) is 16.9. The number of hydrogen-bond acceptors (Lipinski definition) is 8. The van der Waals surface area contributed by atoms with Gasteiger partial charge in [-0.25, -0.2) is 9.79 Å². The van der Waals surface area contributed by atoms with Crippen LogP contribution >= 0.6 is 0 Å². The van der Waals surface area contributed by atoms with Crippen LogP contribution in [0.25, 0.3) is 11.7 Å². The van der Waals surface area contributed by atoms with Gasteiger partial charge in [-0.15, -0.1) is 0 Å². The van der Waals surface area contributed by atoms with Crippen LogP contribution in [0.2, 0.25) is 0 Å². The molecule has 0 radical (unpaired) electrons. The van der Waals surface area contributed by atoms with Crippen LogP contribution in [0.1, 0.15) is 57.6 Å². The molecule has 3 aromatic heterocycles. The lowest BCUT2D eigenvalue weighted by Crippen LogP contribution is -2.41.